The summed E-state index contributed by atoms with van der Waals surface area (Å²) >= 11 is 0. The van der Waals surface area contributed by atoms with Crippen molar-refractivity contribution in [1.29, 1.82) is 0 Å². The van der Waals surface area contributed by atoms with Gasteiger partial charge in [-0.05, 0) is 17.7 Å². The highest BCUT2D eigenvalue weighted by Gasteiger charge is 2.13. The van der Waals surface area contributed by atoms with Crippen molar-refractivity contribution in [3.63, 3.8) is 0 Å². The van der Waals surface area contributed by atoms with E-state index in [-0.39, 0.29) is 0 Å². The van der Waals surface area contributed by atoms with Crippen LogP contribution in [0.4, 0.5) is 0 Å². The van der Waals surface area contributed by atoms with Crippen LogP contribution in [0.25, 0.3) is 22.6 Å². The second-order valence-electron chi connectivity index (χ2n) is 6.73. The van der Waals surface area contributed by atoms with Crippen molar-refractivity contribution in [3.05, 3.63) is 96.7 Å². The average molecular weight is 388 g/mol. The first-order valence-electron chi connectivity index (χ1n) is 8.98. The molecule has 0 aliphatic carbocycles. The molecule has 4 nitrogen and oxygen atoms in total. The van der Waals surface area contributed by atoms with Gasteiger partial charge in [0.1, 0.15) is 5.82 Å². The minimum atomic E-state index is -3.21. The predicted octanol–water partition coefficient (Wildman–Crippen LogP) is 4.67. The molecule has 0 radical (unpaired) electrons. The van der Waals surface area contributed by atoms with Crippen LogP contribution in [-0.2, 0) is 16.4 Å². The van der Waals surface area contributed by atoms with Gasteiger partial charge in [-0.25, -0.2) is 13.4 Å². The number of benzene rings is 3. The van der Waals surface area contributed by atoms with E-state index in [1.807, 2.05) is 54.7 Å². The number of hydrogen-bond donors (Lipinski definition) is 0. The fourth-order valence-corrected chi connectivity index (χ4v) is 3.78. The first kappa shape index (κ1) is 18.2. The fraction of sp³-hybridized carbons (Fsp3) is 0.0870. The van der Waals surface area contributed by atoms with E-state index >= 15 is 0 Å². The summed E-state index contributed by atoms with van der Waals surface area (Å²) in [5.74, 6) is 0.881. The monoisotopic (exact) mass is 388 g/mol. The van der Waals surface area contributed by atoms with E-state index in [4.69, 9.17) is 4.98 Å². The van der Waals surface area contributed by atoms with Crippen LogP contribution in [0.15, 0.2) is 96.0 Å². The molecular weight excluding hydrogens is 368 g/mol. The molecule has 0 saturated carbocycles. The topological polar surface area (TPSA) is 52.0 Å². The van der Waals surface area contributed by atoms with E-state index in [1.54, 1.807) is 24.3 Å². The summed E-state index contributed by atoms with van der Waals surface area (Å²) in [6.45, 7) is 0.708. The maximum absolute atomic E-state index is 11.7. The molecule has 4 rings (SSSR count). The van der Waals surface area contributed by atoms with Gasteiger partial charge in [0.25, 0.3) is 0 Å². The van der Waals surface area contributed by atoms with E-state index < -0.39 is 9.84 Å². The van der Waals surface area contributed by atoms with Gasteiger partial charge in [-0.2, -0.15) is 0 Å². The second kappa shape index (κ2) is 7.44. The Bertz CT molecular complexity index is 1180. The molecule has 0 spiro atoms. The minimum Gasteiger partial charge on any atom is -0.326 e. The lowest BCUT2D eigenvalue weighted by atomic mass is 10.2. The summed E-state index contributed by atoms with van der Waals surface area (Å²) in [6.07, 6.45) is 3.23. The summed E-state index contributed by atoms with van der Waals surface area (Å²) in [6, 6.07) is 27.2. The van der Waals surface area contributed by atoms with Crippen LogP contribution in [0.3, 0.4) is 0 Å². The van der Waals surface area contributed by atoms with Crippen LogP contribution in [0.1, 0.15) is 5.56 Å². The molecule has 0 amide bonds. The fourth-order valence-electron chi connectivity index (χ4n) is 3.15. The number of aromatic nitrogens is 2. The third kappa shape index (κ3) is 3.89. The van der Waals surface area contributed by atoms with Crippen molar-refractivity contribution in [2.75, 3.05) is 6.26 Å². The van der Waals surface area contributed by atoms with Gasteiger partial charge in [0.2, 0.25) is 0 Å². The minimum absolute atomic E-state index is 0.309. The standard InChI is InChI=1S/C23H20N2O2S/c1-28(26,27)21-14-12-19(13-15-21)22-17-25(16-18-8-4-2-5-9-18)23(24-22)20-10-6-3-7-11-20/h2-15,17H,16H2,1H3. The first-order chi connectivity index (χ1) is 13.5. The Morgan fingerprint density at radius 1 is 0.786 bits per heavy atom. The van der Waals surface area contributed by atoms with Crippen LogP contribution < -0.4 is 0 Å². The normalized spacial score (nSPS) is 11.5. The SMILES string of the molecule is CS(=O)(=O)c1ccc(-c2cn(Cc3ccccc3)c(-c3ccccc3)n2)cc1. The summed E-state index contributed by atoms with van der Waals surface area (Å²) in [5.41, 5.74) is 3.93. The number of sulfone groups is 1. The van der Waals surface area contributed by atoms with Gasteiger partial charge in [0.05, 0.1) is 10.6 Å². The predicted molar refractivity (Wildman–Crippen MR) is 112 cm³/mol. The lowest BCUT2D eigenvalue weighted by Gasteiger charge is -2.07. The van der Waals surface area contributed by atoms with Crippen LogP contribution in [0.2, 0.25) is 0 Å². The Kier molecular flexibility index (Phi) is 4.84. The van der Waals surface area contributed by atoms with Gasteiger partial charge in [0, 0.05) is 30.1 Å². The molecule has 0 aliphatic rings. The van der Waals surface area contributed by atoms with Gasteiger partial charge in [-0.1, -0.05) is 72.8 Å². The summed E-state index contributed by atoms with van der Waals surface area (Å²) in [7, 11) is -3.21. The molecule has 1 aromatic heterocycles. The molecule has 5 heteroatoms. The van der Waals surface area contributed by atoms with E-state index in [0.717, 1.165) is 22.6 Å². The van der Waals surface area contributed by atoms with Crippen LogP contribution >= 0.6 is 0 Å². The van der Waals surface area contributed by atoms with Crippen LogP contribution in [0.5, 0.6) is 0 Å². The Hall–Kier alpha value is -3.18. The number of rotatable bonds is 5. The van der Waals surface area contributed by atoms with Crippen molar-refractivity contribution in [2.24, 2.45) is 0 Å². The van der Waals surface area contributed by atoms with Gasteiger partial charge in [0.15, 0.2) is 9.84 Å². The molecule has 0 atom stereocenters. The third-order valence-electron chi connectivity index (χ3n) is 4.58. The van der Waals surface area contributed by atoms with E-state index in [2.05, 4.69) is 16.7 Å². The number of imidazole rings is 1. The van der Waals surface area contributed by atoms with Crippen molar-refractivity contribution in [3.8, 4) is 22.6 Å². The molecule has 0 fully saturated rings. The quantitative estimate of drug-likeness (QED) is 0.499. The zero-order chi connectivity index (χ0) is 19.6. The lowest BCUT2D eigenvalue weighted by Crippen LogP contribution is -2.00. The molecule has 140 valence electrons. The summed E-state index contributed by atoms with van der Waals surface area (Å²) < 4.78 is 25.5. The maximum atomic E-state index is 11.7. The van der Waals surface area contributed by atoms with Gasteiger partial charge >= 0.3 is 0 Å². The Labute approximate surface area is 165 Å². The van der Waals surface area contributed by atoms with Crippen molar-refractivity contribution in [2.45, 2.75) is 11.4 Å². The Morgan fingerprint density at radius 3 is 2.00 bits per heavy atom. The van der Waals surface area contributed by atoms with Crippen molar-refractivity contribution < 1.29 is 8.42 Å². The average Bonchev–Trinajstić information content (AvgIpc) is 3.13. The molecular formula is C23H20N2O2S. The second-order valence-corrected chi connectivity index (χ2v) is 8.74. The summed E-state index contributed by atoms with van der Waals surface area (Å²) in [4.78, 5) is 5.16. The van der Waals surface area contributed by atoms with Gasteiger partial charge < -0.3 is 4.57 Å². The highest BCUT2D eigenvalue weighted by atomic mass is 32.2. The van der Waals surface area contributed by atoms with E-state index in [1.165, 1.54) is 11.8 Å². The lowest BCUT2D eigenvalue weighted by molar-refractivity contribution is 0.602. The molecule has 0 unspecified atom stereocenters. The molecule has 0 saturated heterocycles. The highest BCUT2D eigenvalue weighted by Crippen LogP contribution is 2.26. The molecule has 1 heterocycles. The Balaban J connectivity index is 1.77. The molecule has 28 heavy (non-hydrogen) atoms. The molecule has 4 aromatic rings. The smallest absolute Gasteiger partial charge is 0.175 e. The number of nitrogens with zero attached hydrogens (tertiary/aromatic N) is 2. The molecule has 0 aliphatic heterocycles. The molecule has 3 aromatic carbocycles. The highest BCUT2D eigenvalue weighted by molar-refractivity contribution is 7.90. The molecule has 0 N–H and O–H groups in total. The van der Waals surface area contributed by atoms with Crippen LogP contribution in [0, 0.1) is 0 Å². The van der Waals surface area contributed by atoms with Crippen molar-refractivity contribution >= 4 is 9.84 Å². The summed E-state index contributed by atoms with van der Waals surface area (Å²) in [5, 5.41) is 0. The third-order valence-corrected chi connectivity index (χ3v) is 5.71. The zero-order valence-corrected chi connectivity index (χ0v) is 16.3. The largest absolute Gasteiger partial charge is 0.326 e. The van der Waals surface area contributed by atoms with E-state index in [0.29, 0.717) is 11.4 Å². The maximum Gasteiger partial charge on any atom is 0.175 e. The van der Waals surface area contributed by atoms with Gasteiger partial charge in [-0.15, -0.1) is 0 Å². The first-order valence-corrected chi connectivity index (χ1v) is 10.9. The van der Waals surface area contributed by atoms with Crippen LogP contribution in [-0.4, -0.2) is 24.2 Å². The Morgan fingerprint density at radius 2 is 1.39 bits per heavy atom. The number of hydrogen-bond acceptors (Lipinski definition) is 3. The molecule has 0 bridgehead atoms. The van der Waals surface area contributed by atoms with E-state index in [9.17, 15) is 8.42 Å². The zero-order valence-electron chi connectivity index (χ0n) is 15.5. The van der Waals surface area contributed by atoms with Crippen molar-refractivity contribution in [1.82, 2.24) is 9.55 Å². The van der Waals surface area contributed by atoms with Gasteiger partial charge in [-0.3, -0.25) is 0 Å².